The monoisotopic (exact) mass is 282 g/mol. The zero-order valence-corrected chi connectivity index (χ0v) is 12.2. The van der Waals surface area contributed by atoms with Crippen molar-refractivity contribution in [3.8, 4) is 0 Å². The lowest BCUT2D eigenvalue weighted by Crippen LogP contribution is -1.97. The van der Waals surface area contributed by atoms with Crippen LogP contribution < -0.4 is 5.32 Å². The minimum absolute atomic E-state index is 0.675. The van der Waals surface area contributed by atoms with Crippen LogP contribution in [0.5, 0.6) is 0 Å². The molecule has 0 spiro atoms. The first-order chi connectivity index (χ1) is 10.3. The van der Waals surface area contributed by atoms with Crippen LogP contribution in [-0.2, 0) is 13.5 Å². The third-order valence-corrected chi connectivity index (χ3v) is 3.42. The molecule has 0 saturated carbocycles. The Bertz CT molecular complexity index is 732. The van der Waals surface area contributed by atoms with Crippen LogP contribution in [-0.4, -0.2) is 25.0 Å². The largest absolute Gasteiger partial charge is 0.338 e. The summed E-state index contributed by atoms with van der Waals surface area (Å²) < 4.78 is 1.63. The molecule has 0 unspecified atom stereocenters. The highest BCUT2D eigenvalue weighted by Gasteiger charge is 2.09. The number of aromatic nitrogens is 5. The first-order valence-corrected chi connectivity index (χ1v) is 7.14. The van der Waals surface area contributed by atoms with Crippen molar-refractivity contribution in [3.05, 3.63) is 36.2 Å². The van der Waals surface area contributed by atoms with Gasteiger partial charge < -0.3 is 5.32 Å². The normalized spacial score (nSPS) is 11.0. The van der Waals surface area contributed by atoms with Gasteiger partial charge in [0.1, 0.15) is 6.33 Å². The van der Waals surface area contributed by atoms with Gasteiger partial charge in [0.15, 0.2) is 17.0 Å². The lowest BCUT2D eigenvalue weighted by Gasteiger charge is -2.06. The van der Waals surface area contributed by atoms with E-state index in [0.29, 0.717) is 17.0 Å². The number of rotatable bonds is 5. The van der Waals surface area contributed by atoms with E-state index in [9.17, 15) is 0 Å². The van der Waals surface area contributed by atoms with Crippen LogP contribution >= 0.6 is 0 Å². The van der Waals surface area contributed by atoms with Gasteiger partial charge in [-0.3, -0.25) is 0 Å². The van der Waals surface area contributed by atoms with Gasteiger partial charge >= 0.3 is 0 Å². The summed E-state index contributed by atoms with van der Waals surface area (Å²) in [5.74, 6) is 0.675. The molecule has 2 aromatic heterocycles. The quantitative estimate of drug-likeness (QED) is 0.779. The zero-order valence-electron chi connectivity index (χ0n) is 12.2. The second-order valence-corrected chi connectivity index (χ2v) is 5.03. The number of benzene rings is 1. The molecule has 0 radical (unpaired) electrons. The molecule has 1 N–H and O–H groups in total. The van der Waals surface area contributed by atoms with Gasteiger partial charge in [-0.25, -0.2) is 14.6 Å². The number of hydrogen-bond donors (Lipinski definition) is 1. The predicted octanol–water partition coefficient (Wildman–Crippen LogP) is 2.84. The van der Waals surface area contributed by atoms with E-state index in [1.807, 2.05) is 7.05 Å². The Morgan fingerprint density at radius 1 is 1.14 bits per heavy atom. The summed E-state index contributed by atoms with van der Waals surface area (Å²) in [7, 11) is 1.81. The third kappa shape index (κ3) is 2.84. The Kier molecular flexibility index (Phi) is 3.77. The third-order valence-electron chi connectivity index (χ3n) is 3.42. The van der Waals surface area contributed by atoms with E-state index in [2.05, 4.69) is 56.8 Å². The molecule has 108 valence electrons. The van der Waals surface area contributed by atoms with Gasteiger partial charge in [-0.2, -0.15) is 0 Å². The van der Waals surface area contributed by atoms with Crippen molar-refractivity contribution in [1.82, 2.24) is 25.0 Å². The topological polar surface area (TPSA) is 68.5 Å². The standard InChI is InChI=1S/C15H18N6/c1-3-4-5-11-6-8-12(9-7-11)18-14-13-15(17-10-16-14)21(2)20-19-13/h6-10H,3-5H2,1-2H3,(H,16,17,18). The lowest BCUT2D eigenvalue weighted by molar-refractivity contribution is 0.729. The Labute approximate surface area is 123 Å². The number of fused-ring (bicyclic) bond motifs is 1. The summed E-state index contributed by atoms with van der Waals surface area (Å²) in [5, 5.41) is 11.3. The van der Waals surface area contributed by atoms with Gasteiger partial charge in [0.25, 0.3) is 0 Å². The maximum Gasteiger partial charge on any atom is 0.183 e. The molecule has 0 aliphatic carbocycles. The van der Waals surface area contributed by atoms with E-state index < -0.39 is 0 Å². The van der Waals surface area contributed by atoms with Crippen LogP contribution in [0.3, 0.4) is 0 Å². The Morgan fingerprint density at radius 2 is 1.95 bits per heavy atom. The first kappa shape index (κ1) is 13.5. The molecule has 0 bridgehead atoms. The SMILES string of the molecule is CCCCc1ccc(Nc2ncnc3c2nnn3C)cc1. The number of unbranched alkanes of at least 4 members (excludes halogenated alkanes) is 1. The predicted molar refractivity (Wildman–Crippen MR) is 82.4 cm³/mol. The van der Waals surface area contributed by atoms with Crippen LogP contribution in [0.1, 0.15) is 25.3 Å². The molecular weight excluding hydrogens is 264 g/mol. The summed E-state index contributed by atoms with van der Waals surface area (Å²) in [4.78, 5) is 8.43. The fourth-order valence-corrected chi connectivity index (χ4v) is 2.22. The number of nitrogens with one attached hydrogen (secondary N) is 1. The van der Waals surface area contributed by atoms with Crippen molar-refractivity contribution < 1.29 is 0 Å². The van der Waals surface area contributed by atoms with Crippen LogP contribution in [0.4, 0.5) is 11.5 Å². The van der Waals surface area contributed by atoms with E-state index >= 15 is 0 Å². The number of anilines is 2. The molecule has 3 rings (SSSR count). The molecule has 0 amide bonds. The van der Waals surface area contributed by atoms with Crippen molar-refractivity contribution in [2.75, 3.05) is 5.32 Å². The summed E-state index contributed by atoms with van der Waals surface area (Å²) in [5.41, 5.74) is 3.73. The average molecular weight is 282 g/mol. The van der Waals surface area contributed by atoms with Crippen molar-refractivity contribution >= 4 is 22.7 Å². The highest BCUT2D eigenvalue weighted by molar-refractivity contribution is 5.84. The van der Waals surface area contributed by atoms with E-state index in [-0.39, 0.29) is 0 Å². The van der Waals surface area contributed by atoms with E-state index in [0.717, 1.165) is 12.1 Å². The van der Waals surface area contributed by atoms with Crippen molar-refractivity contribution in [1.29, 1.82) is 0 Å². The molecule has 0 saturated heterocycles. The van der Waals surface area contributed by atoms with Crippen molar-refractivity contribution in [2.24, 2.45) is 7.05 Å². The highest BCUT2D eigenvalue weighted by Crippen LogP contribution is 2.21. The van der Waals surface area contributed by atoms with Gasteiger partial charge in [0, 0.05) is 12.7 Å². The van der Waals surface area contributed by atoms with Gasteiger partial charge in [-0.1, -0.05) is 30.7 Å². The van der Waals surface area contributed by atoms with E-state index in [1.165, 1.54) is 24.7 Å². The Hall–Kier alpha value is -2.50. The smallest absolute Gasteiger partial charge is 0.183 e. The Morgan fingerprint density at radius 3 is 2.71 bits per heavy atom. The minimum Gasteiger partial charge on any atom is -0.338 e. The van der Waals surface area contributed by atoms with E-state index in [1.54, 1.807) is 4.68 Å². The molecule has 6 heteroatoms. The number of aryl methyl sites for hydroxylation is 2. The summed E-state index contributed by atoms with van der Waals surface area (Å²) in [6.07, 6.45) is 5.08. The van der Waals surface area contributed by atoms with Gasteiger partial charge in [-0.05, 0) is 30.5 Å². The second kappa shape index (κ2) is 5.87. The number of hydrogen-bond acceptors (Lipinski definition) is 5. The highest BCUT2D eigenvalue weighted by atomic mass is 15.4. The summed E-state index contributed by atoms with van der Waals surface area (Å²) in [6.45, 7) is 2.21. The summed E-state index contributed by atoms with van der Waals surface area (Å²) >= 11 is 0. The molecule has 21 heavy (non-hydrogen) atoms. The maximum absolute atomic E-state index is 4.25. The van der Waals surface area contributed by atoms with Gasteiger partial charge in [-0.15, -0.1) is 5.10 Å². The molecule has 0 aliphatic rings. The molecule has 2 heterocycles. The van der Waals surface area contributed by atoms with Gasteiger partial charge in [0.2, 0.25) is 0 Å². The molecule has 0 atom stereocenters. The Balaban J connectivity index is 1.82. The maximum atomic E-state index is 4.25. The fraction of sp³-hybridized carbons (Fsp3) is 0.333. The van der Waals surface area contributed by atoms with Crippen LogP contribution in [0, 0.1) is 0 Å². The zero-order chi connectivity index (χ0) is 14.7. The fourth-order valence-electron chi connectivity index (χ4n) is 2.22. The minimum atomic E-state index is 0.675. The average Bonchev–Trinajstić information content (AvgIpc) is 2.89. The molecular formula is C15H18N6. The second-order valence-electron chi connectivity index (χ2n) is 5.03. The summed E-state index contributed by atoms with van der Waals surface area (Å²) in [6, 6.07) is 8.42. The van der Waals surface area contributed by atoms with Crippen LogP contribution in [0.2, 0.25) is 0 Å². The van der Waals surface area contributed by atoms with Crippen molar-refractivity contribution in [2.45, 2.75) is 26.2 Å². The molecule has 0 fully saturated rings. The van der Waals surface area contributed by atoms with Crippen LogP contribution in [0.15, 0.2) is 30.6 Å². The first-order valence-electron chi connectivity index (χ1n) is 7.14. The molecule has 3 aromatic rings. The molecule has 6 nitrogen and oxygen atoms in total. The van der Waals surface area contributed by atoms with Crippen LogP contribution in [0.25, 0.3) is 11.2 Å². The van der Waals surface area contributed by atoms with Crippen molar-refractivity contribution in [3.63, 3.8) is 0 Å². The molecule has 0 aliphatic heterocycles. The van der Waals surface area contributed by atoms with Gasteiger partial charge in [0.05, 0.1) is 0 Å². The number of nitrogens with zero attached hydrogens (tertiary/aromatic N) is 5. The van der Waals surface area contributed by atoms with E-state index in [4.69, 9.17) is 0 Å². The lowest BCUT2D eigenvalue weighted by atomic mass is 10.1. The molecule has 1 aromatic carbocycles.